The molecule has 2 heteroatoms. The Morgan fingerprint density at radius 2 is 1.80 bits per heavy atom. The monoisotopic (exact) mass is 213 g/mol. The summed E-state index contributed by atoms with van der Waals surface area (Å²) >= 11 is 0. The van der Waals surface area contributed by atoms with E-state index in [1.54, 1.807) is 0 Å². The van der Waals surface area contributed by atoms with E-state index in [-0.39, 0.29) is 11.2 Å². The van der Waals surface area contributed by atoms with Gasteiger partial charge in [0, 0.05) is 13.1 Å². The van der Waals surface area contributed by atoms with Gasteiger partial charge in [0.05, 0.1) is 11.2 Å². The number of morpholine rings is 1. The summed E-state index contributed by atoms with van der Waals surface area (Å²) in [6.07, 6.45) is 3.34. The van der Waals surface area contributed by atoms with Crippen molar-refractivity contribution < 1.29 is 4.74 Å². The molecule has 1 atom stereocenters. The number of hydrogen-bond donors (Lipinski definition) is 1. The summed E-state index contributed by atoms with van der Waals surface area (Å²) in [7, 11) is 0. The van der Waals surface area contributed by atoms with Gasteiger partial charge < -0.3 is 10.1 Å². The zero-order chi connectivity index (χ0) is 11.5. The minimum Gasteiger partial charge on any atom is -0.366 e. The van der Waals surface area contributed by atoms with Crippen LogP contribution < -0.4 is 5.32 Å². The van der Waals surface area contributed by atoms with E-state index >= 15 is 0 Å². The normalized spacial score (nSPS) is 30.8. The zero-order valence-electron chi connectivity index (χ0n) is 11.0. The van der Waals surface area contributed by atoms with Crippen LogP contribution in [0.3, 0.4) is 0 Å². The Kier molecular flexibility index (Phi) is 4.19. The minimum absolute atomic E-state index is 0.0262. The van der Waals surface area contributed by atoms with Crippen LogP contribution in [0.1, 0.15) is 53.9 Å². The molecular weight excluding hydrogens is 186 g/mol. The van der Waals surface area contributed by atoms with Crippen LogP contribution in [0.25, 0.3) is 0 Å². The lowest BCUT2D eigenvalue weighted by Gasteiger charge is -2.47. The highest BCUT2D eigenvalue weighted by Gasteiger charge is 2.40. The SMILES string of the molecule is CCC1(CC)CNCC(C)(CC(C)C)O1. The molecule has 0 spiro atoms. The van der Waals surface area contributed by atoms with Crippen LogP contribution in [0.4, 0.5) is 0 Å². The van der Waals surface area contributed by atoms with Gasteiger partial charge in [-0.05, 0) is 32.1 Å². The fourth-order valence-electron chi connectivity index (χ4n) is 2.77. The molecule has 0 bridgehead atoms. The average molecular weight is 213 g/mol. The fraction of sp³-hybridized carbons (Fsp3) is 1.00. The highest BCUT2D eigenvalue weighted by atomic mass is 16.5. The summed E-state index contributed by atoms with van der Waals surface area (Å²) in [6.45, 7) is 13.2. The molecule has 1 aliphatic rings. The number of hydrogen-bond acceptors (Lipinski definition) is 2. The smallest absolute Gasteiger partial charge is 0.0809 e. The molecule has 0 amide bonds. The van der Waals surface area contributed by atoms with E-state index < -0.39 is 0 Å². The van der Waals surface area contributed by atoms with E-state index in [0.29, 0.717) is 5.92 Å². The lowest BCUT2D eigenvalue weighted by atomic mass is 9.87. The van der Waals surface area contributed by atoms with Crippen LogP contribution in [-0.4, -0.2) is 24.3 Å². The van der Waals surface area contributed by atoms with Crippen molar-refractivity contribution in [3.63, 3.8) is 0 Å². The predicted octanol–water partition coefficient (Wildman–Crippen LogP) is 2.97. The highest BCUT2D eigenvalue weighted by Crippen LogP contribution is 2.33. The fourth-order valence-corrected chi connectivity index (χ4v) is 2.77. The van der Waals surface area contributed by atoms with E-state index in [2.05, 4.69) is 39.9 Å². The average Bonchev–Trinajstić information content (AvgIpc) is 2.15. The first-order valence-corrected chi connectivity index (χ1v) is 6.36. The Morgan fingerprint density at radius 1 is 1.20 bits per heavy atom. The van der Waals surface area contributed by atoms with Gasteiger partial charge in [-0.2, -0.15) is 0 Å². The van der Waals surface area contributed by atoms with Gasteiger partial charge in [-0.15, -0.1) is 0 Å². The van der Waals surface area contributed by atoms with Crippen LogP contribution in [0, 0.1) is 5.92 Å². The summed E-state index contributed by atoms with van der Waals surface area (Å²) in [6, 6.07) is 0. The van der Waals surface area contributed by atoms with Crippen molar-refractivity contribution in [3.05, 3.63) is 0 Å². The molecule has 0 aromatic heterocycles. The molecule has 0 saturated carbocycles. The third-order valence-corrected chi connectivity index (χ3v) is 3.54. The van der Waals surface area contributed by atoms with Crippen LogP contribution in [0.2, 0.25) is 0 Å². The van der Waals surface area contributed by atoms with Gasteiger partial charge in [0.15, 0.2) is 0 Å². The molecule has 0 aliphatic carbocycles. The van der Waals surface area contributed by atoms with Gasteiger partial charge in [0.2, 0.25) is 0 Å². The van der Waals surface area contributed by atoms with Gasteiger partial charge in [0.25, 0.3) is 0 Å². The van der Waals surface area contributed by atoms with Gasteiger partial charge in [-0.1, -0.05) is 27.7 Å². The predicted molar refractivity (Wildman–Crippen MR) is 65.1 cm³/mol. The molecule has 1 N–H and O–H groups in total. The highest BCUT2D eigenvalue weighted by molar-refractivity contribution is 4.93. The minimum atomic E-state index is 0.0262. The molecule has 1 saturated heterocycles. The third kappa shape index (κ3) is 3.18. The van der Waals surface area contributed by atoms with Gasteiger partial charge in [-0.25, -0.2) is 0 Å². The van der Waals surface area contributed by atoms with Crippen molar-refractivity contribution in [2.75, 3.05) is 13.1 Å². The lowest BCUT2D eigenvalue weighted by Crippen LogP contribution is -2.59. The Labute approximate surface area is 94.8 Å². The maximum absolute atomic E-state index is 6.41. The summed E-state index contributed by atoms with van der Waals surface area (Å²) in [5.74, 6) is 0.696. The molecule has 15 heavy (non-hydrogen) atoms. The second-order valence-corrected chi connectivity index (χ2v) is 5.64. The molecule has 0 aromatic carbocycles. The summed E-state index contributed by atoms with van der Waals surface area (Å²) in [4.78, 5) is 0. The quantitative estimate of drug-likeness (QED) is 0.775. The topological polar surface area (TPSA) is 21.3 Å². The van der Waals surface area contributed by atoms with Crippen molar-refractivity contribution in [1.29, 1.82) is 0 Å². The van der Waals surface area contributed by atoms with Crippen LogP contribution in [-0.2, 0) is 4.74 Å². The van der Waals surface area contributed by atoms with Gasteiger partial charge >= 0.3 is 0 Å². The van der Waals surface area contributed by atoms with E-state index in [1.807, 2.05) is 0 Å². The maximum Gasteiger partial charge on any atom is 0.0809 e. The molecule has 0 aromatic rings. The largest absolute Gasteiger partial charge is 0.366 e. The van der Waals surface area contributed by atoms with Crippen LogP contribution in [0.15, 0.2) is 0 Å². The van der Waals surface area contributed by atoms with E-state index in [0.717, 1.165) is 32.4 Å². The van der Waals surface area contributed by atoms with Crippen molar-refractivity contribution in [2.24, 2.45) is 5.92 Å². The Morgan fingerprint density at radius 3 is 2.27 bits per heavy atom. The number of ether oxygens (including phenoxy) is 1. The van der Waals surface area contributed by atoms with E-state index in [9.17, 15) is 0 Å². The molecule has 1 fully saturated rings. The van der Waals surface area contributed by atoms with Crippen molar-refractivity contribution in [2.45, 2.75) is 65.1 Å². The standard InChI is InChI=1S/C13H27NO/c1-6-13(7-2)10-14-9-12(5,15-13)8-11(3)4/h11,14H,6-10H2,1-5H3. The molecule has 90 valence electrons. The first-order chi connectivity index (χ1) is 6.95. The van der Waals surface area contributed by atoms with Crippen LogP contribution >= 0.6 is 0 Å². The summed E-state index contributed by atoms with van der Waals surface area (Å²) in [5.41, 5.74) is 0.0975. The number of rotatable bonds is 4. The summed E-state index contributed by atoms with van der Waals surface area (Å²) in [5, 5.41) is 3.55. The number of nitrogens with one attached hydrogen (secondary N) is 1. The summed E-state index contributed by atoms with van der Waals surface area (Å²) < 4.78 is 6.41. The van der Waals surface area contributed by atoms with Crippen molar-refractivity contribution >= 4 is 0 Å². The first kappa shape index (κ1) is 13.0. The molecular formula is C13H27NO. The third-order valence-electron chi connectivity index (χ3n) is 3.54. The molecule has 2 nitrogen and oxygen atoms in total. The van der Waals surface area contributed by atoms with E-state index in [4.69, 9.17) is 4.74 Å². The second kappa shape index (κ2) is 4.84. The van der Waals surface area contributed by atoms with E-state index in [1.165, 1.54) is 0 Å². The Balaban J connectivity index is 2.69. The van der Waals surface area contributed by atoms with Crippen LogP contribution in [0.5, 0.6) is 0 Å². The Hall–Kier alpha value is -0.0800. The van der Waals surface area contributed by atoms with Crippen molar-refractivity contribution in [1.82, 2.24) is 5.32 Å². The van der Waals surface area contributed by atoms with Crippen molar-refractivity contribution in [3.8, 4) is 0 Å². The first-order valence-electron chi connectivity index (χ1n) is 6.36. The molecule has 0 radical (unpaired) electrons. The molecule has 1 unspecified atom stereocenters. The molecule has 1 rings (SSSR count). The molecule has 1 aliphatic heterocycles. The van der Waals surface area contributed by atoms with Gasteiger partial charge in [0.1, 0.15) is 0 Å². The Bertz CT molecular complexity index is 199. The zero-order valence-corrected chi connectivity index (χ0v) is 11.0. The van der Waals surface area contributed by atoms with Gasteiger partial charge in [-0.3, -0.25) is 0 Å². The second-order valence-electron chi connectivity index (χ2n) is 5.64. The molecule has 1 heterocycles. The maximum atomic E-state index is 6.41. The lowest BCUT2D eigenvalue weighted by molar-refractivity contribution is -0.179.